The van der Waals surface area contributed by atoms with Gasteiger partial charge in [-0.05, 0) is 39.0 Å². The Kier molecular flexibility index (Phi) is 16.5. The van der Waals surface area contributed by atoms with Crippen molar-refractivity contribution in [1.29, 1.82) is 0 Å². The average Bonchev–Trinajstić information content (AvgIpc) is 3.55. The molecule has 5 rings (SSSR count). The topological polar surface area (TPSA) is 95.3 Å². The van der Waals surface area contributed by atoms with E-state index in [-0.39, 0.29) is 11.2 Å². The van der Waals surface area contributed by atoms with Crippen LogP contribution in [0.4, 0.5) is 0 Å². The van der Waals surface area contributed by atoms with Crippen molar-refractivity contribution in [3.63, 3.8) is 0 Å². The second-order valence-corrected chi connectivity index (χ2v) is 7.39. The average molecular weight is 502 g/mol. The van der Waals surface area contributed by atoms with Crippen LogP contribution in [-0.4, -0.2) is 29.9 Å². The zero-order valence-corrected chi connectivity index (χ0v) is 23.2. The molecule has 8 nitrogen and oxygen atoms in total. The lowest BCUT2D eigenvalue weighted by Crippen LogP contribution is -2.21. The highest BCUT2D eigenvalue weighted by molar-refractivity contribution is 7.99. The molecule has 192 valence electrons. The van der Waals surface area contributed by atoms with Gasteiger partial charge in [-0.3, -0.25) is 9.36 Å². The van der Waals surface area contributed by atoms with Gasteiger partial charge in [-0.2, -0.15) is 5.10 Å². The van der Waals surface area contributed by atoms with Gasteiger partial charge in [0.05, 0.1) is 12.5 Å². The van der Waals surface area contributed by atoms with Crippen molar-refractivity contribution in [1.82, 2.24) is 24.1 Å². The summed E-state index contributed by atoms with van der Waals surface area (Å²) in [5.74, 6) is 0.978. The van der Waals surface area contributed by atoms with Gasteiger partial charge in [0.15, 0.2) is 10.8 Å². The van der Waals surface area contributed by atoms with Gasteiger partial charge in [-0.25, -0.2) is 19.3 Å². The molecule has 5 heterocycles. The minimum absolute atomic E-state index is 0.111. The summed E-state index contributed by atoms with van der Waals surface area (Å²) in [4.78, 5) is 30.1. The van der Waals surface area contributed by atoms with Crippen molar-refractivity contribution in [2.24, 2.45) is 0 Å². The van der Waals surface area contributed by atoms with E-state index in [1.165, 1.54) is 6.26 Å². The summed E-state index contributed by atoms with van der Waals surface area (Å²) in [6, 6.07) is 5.27. The number of hydrogen-bond donors (Lipinski definition) is 0. The van der Waals surface area contributed by atoms with Crippen LogP contribution in [0, 0.1) is 20.8 Å². The van der Waals surface area contributed by atoms with Crippen molar-refractivity contribution in [3.05, 3.63) is 86.7 Å². The van der Waals surface area contributed by atoms with Gasteiger partial charge in [0.25, 0.3) is 5.56 Å². The van der Waals surface area contributed by atoms with Gasteiger partial charge in [-0.15, -0.1) is 0 Å². The molecule has 0 saturated carbocycles. The summed E-state index contributed by atoms with van der Waals surface area (Å²) >= 11 is 1.64. The number of fused-ring (bicyclic) bond motifs is 2. The third-order valence-corrected chi connectivity index (χ3v) is 5.08. The molecule has 0 saturated heterocycles. The third kappa shape index (κ3) is 9.90. The van der Waals surface area contributed by atoms with Gasteiger partial charge >= 0.3 is 5.63 Å². The summed E-state index contributed by atoms with van der Waals surface area (Å²) in [5.41, 5.74) is 3.28. The molecule has 0 fully saturated rings. The van der Waals surface area contributed by atoms with E-state index in [1.54, 1.807) is 59.2 Å². The van der Waals surface area contributed by atoms with E-state index in [1.807, 2.05) is 66.9 Å². The van der Waals surface area contributed by atoms with Crippen LogP contribution in [0.2, 0.25) is 0 Å². The van der Waals surface area contributed by atoms with Gasteiger partial charge in [0.1, 0.15) is 0 Å². The van der Waals surface area contributed by atoms with Crippen molar-refractivity contribution in [2.75, 3.05) is 5.75 Å². The molecular formula is C26H39N5O3S. The lowest BCUT2D eigenvalue weighted by atomic mass is 10.3. The van der Waals surface area contributed by atoms with Crippen molar-refractivity contribution in [3.8, 4) is 0 Å². The first-order valence-corrected chi connectivity index (χ1v) is 12.9. The van der Waals surface area contributed by atoms with E-state index in [4.69, 9.17) is 0 Å². The fraction of sp³-hybridized carbons (Fsp3) is 0.423. The van der Waals surface area contributed by atoms with Crippen molar-refractivity contribution < 1.29 is 4.42 Å². The van der Waals surface area contributed by atoms with Crippen LogP contribution < -0.4 is 11.2 Å². The fourth-order valence-corrected chi connectivity index (χ4v) is 3.42. The molecule has 4 aromatic heterocycles. The predicted molar refractivity (Wildman–Crippen MR) is 145 cm³/mol. The quantitative estimate of drug-likeness (QED) is 0.284. The number of nitrogens with zero attached hydrogens (tertiary/aromatic N) is 5. The number of aryl methyl sites for hydroxylation is 3. The highest BCUT2D eigenvalue weighted by atomic mass is 32.2. The Bertz CT molecular complexity index is 1230. The Balaban J connectivity index is 0.000000451. The van der Waals surface area contributed by atoms with Gasteiger partial charge < -0.3 is 4.42 Å². The van der Waals surface area contributed by atoms with E-state index in [0.29, 0.717) is 5.56 Å². The van der Waals surface area contributed by atoms with Crippen LogP contribution in [0.1, 0.15) is 58.2 Å². The highest BCUT2D eigenvalue weighted by Crippen LogP contribution is 2.20. The van der Waals surface area contributed by atoms with E-state index in [2.05, 4.69) is 19.5 Å². The lowest BCUT2D eigenvalue weighted by molar-refractivity contribution is 0.505. The minimum atomic E-state index is -0.257. The summed E-state index contributed by atoms with van der Waals surface area (Å²) < 4.78 is 8.00. The second kappa shape index (κ2) is 18.2. The van der Waals surface area contributed by atoms with E-state index < -0.39 is 0 Å². The first-order chi connectivity index (χ1) is 17.0. The summed E-state index contributed by atoms with van der Waals surface area (Å²) in [6.45, 7) is 18.3. The zero-order chi connectivity index (χ0) is 26.8. The molecule has 0 unspecified atom stereocenters. The molecule has 0 amide bonds. The smallest absolute Gasteiger partial charge is 0.338 e. The molecule has 0 atom stereocenters. The molecule has 0 aliphatic carbocycles. The predicted octanol–water partition coefficient (Wildman–Crippen LogP) is 5.72. The number of hydrogen-bond acceptors (Lipinski definition) is 7. The molecule has 4 aromatic rings. The first-order valence-electron chi connectivity index (χ1n) is 12.0. The van der Waals surface area contributed by atoms with Crippen LogP contribution in [0.5, 0.6) is 0 Å². The molecule has 1 aliphatic rings. The molecule has 0 bridgehead atoms. The summed E-state index contributed by atoms with van der Waals surface area (Å²) in [6.07, 6.45) is 8.48. The minimum Gasteiger partial charge on any atom is -0.431 e. The molecule has 35 heavy (non-hydrogen) atoms. The van der Waals surface area contributed by atoms with Crippen molar-refractivity contribution >= 4 is 17.4 Å². The zero-order valence-electron chi connectivity index (χ0n) is 22.4. The molecule has 0 N–H and O–H groups in total. The Morgan fingerprint density at radius 1 is 0.886 bits per heavy atom. The third-order valence-electron chi connectivity index (χ3n) is 4.11. The van der Waals surface area contributed by atoms with Crippen molar-refractivity contribution in [2.45, 2.75) is 74.0 Å². The van der Waals surface area contributed by atoms with Crippen LogP contribution >= 0.6 is 11.8 Å². The maximum absolute atomic E-state index is 11.4. The first kappa shape index (κ1) is 31.8. The molecule has 0 radical (unpaired) electrons. The standard InChI is InChI=1S/C7H7N3.C7H8N2OS.C6H6O2.3C2H6/c1-6-5-9-10-4-2-3-8-7(6)10;1-5-4-8-7-9(6(5)10)2-3-11-7;1-5-3-2-4-8-6(5)7;3*1-2/h2-5H,1H3;4H,2-3H2,1H3;2-4H,1H3;3*1-2H3. The SMILES string of the molecule is CC.CC.CC.Cc1cccoc1=O.Cc1cnc2n(c1=O)CCS2.Cc1cnn2cccnc12. The fourth-order valence-electron chi connectivity index (χ4n) is 2.51. The van der Waals surface area contributed by atoms with E-state index in [0.717, 1.165) is 34.2 Å². The Morgan fingerprint density at radius 2 is 1.57 bits per heavy atom. The molecular weight excluding hydrogens is 462 g/mol. The second-order valence-electron chi connectivity index (χ2n) is 6.33. The van der Waals surface area contributed by atoms with Crippen LogP contribution in [0.15, 0.2) is 68.4 Å². The van der Waals surface area contributed by atoms with Gasteiger partial charge in [-0.1, -0.05) is 53.3 Å². The maximum atomic E-state index is 11.4. The van der Waals surface area contributed by atoms with E-state index in [9.17, 15) is 9.59 Å². The Hall–Kier alpha value is -3.20. The normalized spacial score (nSPS) is 10.3. The molecule has 9 heteroatoms. The largest absolute Gasteiger partial charge is 0.431 e. The summed E-state index contributed by atoms with van der Waals surface area (Å²) in [5, 5.41) is 4.93. The van der Waals surface area contributed by atoms with Crippen LogP contribution in [0.3, 0.4) is 0 Å². The molecule has 1 aliphatic heterocycles. The van der Waals surface area contributed by atoms with Crippen LogP contribution in [-0.2, 0) is 6.54 Å². The van der Waals surface area contributed by atoms with Gasteiger partial charge in [0, 0.05) is 47.6 Å². The number of thioether (sulfide) groups is 1. The highest BCUT2D eigenvalue weighted by Gasteiger charge is 2.13. The van der Waals surface area contributed by atoms with Crippen LogP contribution in [0.25, 0.3) is 5.65 Å². The monoisotopic (exact) mass is 501 g/mol. The summed E-state index contributed by atoms with van der Waals surface area (Å²) in [7, 11) is 0. The lowest BCUT2D eigenvalue weighted by Gasteiger charge is -1.99. The Morgan fingerprint density at radius 3 is 2.14 bits per heavy atom. The number of rotatable bonds is 0. The Labute approximate surface area is 212 Å². The van der Waals surface area contributed by atoms with E-state index >= 15 is 0 Å². The maximum Gasteiger partial charge on any atom is 0.338 e. The number of aromatic nitrogens is 5. The van der Waals surface area contributed by atoms with Gasteiger partial charge in [0.2, 0.25) is 0 Å². The molecule has 0 aromatic carbocycles. The molecule has 0 spiro atoms.